The molecule has 0 fully saturated rings. The van der Waals surface area contributed by atoms with Crippen LogP contribution in [0.15, 0.2) is 35.8 Å². The van der Waals surface area contributed by atoms with Gasteiger partial charge in [0.1, 0.15) is 5.82 Å². The van der Waals surface area contributed by atoms with Gasteiger partial charge < -0.3 is 11.1 Å². The molecule has 3 N–H and O–H groups in total. The molecule has 2 aromatic rings. The number of pyridine rings is 1. The van der Waals surface area contributed by atoms with E-state index in [4.69, 9.17) is 5.73 Å². The van der Waals surface area contributed by atoms with Crippen molar-refractivity contribution < 1.29 is 0 Å². The molecule has 0 spiro atoms. The average Bonchev–Trinajstić information content (AvgIpc) is 2.81. The first-order valence-corrected chi connectivity index (χ1v) is 6.57. The highest BCUT2D eigenvalue weighted by molar-refractivity contribution is 7.10. The smallest absolute Gasteiger partial charge is 0.149 e. The van der Waals surface area contributed by atoms with Crippen LogP contribution in [-0.4, -0.2) is 4.98 Å². The summed E-state index contributed by atoms with van der Waals surface area (Å²) in [6.07, 6.45) is 1.75. The Balaban J connectivity index is 2.23. The minimum Gasteiger partial charge on any atom is -0.396 e. The standard InChI is InChI=1S/C13H17N3S/c1-9(2)12(11-6-4-8-17-11)16-13-10(14)5-3-7-15-13/h3-9,12H,14H2,1-2H3,(H,15,16). The molecule has 1 atom stereocenters. The zero-order valence-corrected chi connectivity index (χ0v) is 10.9. The Morgan fingerprint density at radius 1 is 1.29 bits per heavy atom. The molecule has 2 heterocycles. The number of anilines is 2. The van der Waals surface area contributed by atoms with Crippen molar-refractivity contribution in [2.24, 2.45) is 5.92 Å². The van der Waals surface area contributed by atoms with Crippen LogP contribution in [0.2, 0.25) is 0 Å². The van der Waals surface area contributed by atoms with Gasteiger partial charge in [-0.2, -0.15) is 0 Å². The number of thiophene rings is 1. The third-order valence-electron chi connectivity index (χ3n) is 2.65. The summed E-state index contributed by atoms with van der Waals surface area (Å²) >= 11 is 1.75. The van der Waals surface area contributed by atoms with Crippen LogP contribution in [0.4, 0.5) is 11.5 Å². The molecular weight excluding hydrogens is 230 g/mol. The molecule has 0 aliphatic heterocycles. The molecule has 0 saturated carbocycles. The van der Waals surface area contributed by atoms with Crippen molar-refractivity contribution in [2.45, 2.75) is 19.9 Å². The molecule has 4 heteroatoms. The third kappa shape index (κ3) is 2.77. The van der Waals surface area contributed by atoms with E-state index in [2.05, 4.69) is 41.7 Å². The maximum absolute atomic E-state index is 5.90. The van der Waals surface area contributed by atoms with Gasteiger partial charge in [0.25, 0.3) is 0 Å². The number of nitrogens with zero attached hydrogens (tertiary/aromatic N) is 1. The Labute approximate surface area is 106 Å². The summed E-state index contributed by atoms with van der Waals surface area (Å²) in [6.45, 7) is 4.38. The van der Waals surface area contributed by atoms with Gasteiger partial charge in [0.15, 0.2) is 0 Å². The number of hydrogen-bond donors (Lipinski definition) is 2. The van der Waals surface area contributed by atoms with Gasteiger partial charge in [0, 0.05) is 11.1 Å². The SMILES string of the molecule is CC(C)C(Nc1ncccc1N)c1cccs1. The third-order valence-corrected chi connectivity index (χ3v) is 3.60. The zero-order chi connectivity index (χ0) is 12.3. The molecule has 0 aliphatic carbocycles. The number of nitrogens with one attached hydrogen (secondary N) is 1. The zero-order valence-electron chi connectivity index (χ0n) is 10.1. The summed E-state index contributed by atoms with van der Waals surface area (Å²) in [5.41, 5.74) is 6.59. The fourth-order valence-electron chi connectivity index (χ4n) is 1.72. The molecule has 0 aliphatic rings. The van der Waals surface area contributed by atoms with E-state index in [1.165, 1.54) is 4.88 Å². The van der Waals surface area contributed by atoms with Gasteiger partial charge in [0.2, 0.25) is 0 Å². The monoisotopic (exact) mass is 247 g/mol. The maximum Gasteiger partial charge on any atom is 0.149 e. The van der Waals surface area contributed by atoms with E-state index in [-0.39, 0.29) is 6.04 Å². The van der Waals surface area contributed by atoms with Crippen LogP contribution < -0.4 is 11.1 Å². The first kappa shape index (κ1) is 11.9. The largest absolute Gasteiger partial charge is 0.396 e. The quantitative estimate of drug-likeness (QED) is 0.869. The minimum atomic E-state index is 0.257. The molecule has 0 amide bonds. The lowest BCUT2D eigenvalue weighted by molar-refractivity contribution is 0.552. The van der Waals surface area contributed by atoms with Crippen molar-refractivity contribution in [2.75, 3.05) is 11.1 Å². The van der Waals surface area contributed by atoms with E-state index in [0.717, 1.165) is 5.82 Å². The van der Waals surface area contributed by atoms with E-state index < -0.39 is 0 Å². The second-order valence-electron chi connectivity index (χ2n) is 4.32. The van der Waals surface area contributed by atoms with Crippen LogP contribution in [-0.2, 0) is 0 Å². The summed E-state index contributed by atoms with van der Waals surface area (Å²) in [5.74, 6) is 1.25. The van der Waals surface area contributed by atoms with Crippen LogP contribution in [0.5, 0.6) is 0 Å². The van der Waals surface area contributed by atoms with Crippen molar-refractivity contribution in [3.63, 3.8) is 0 Å². The highest BCUT2D eigenvalue weighted by Gasteiger charge is 2.17. The Hall–Kier alpha value is -1.55. The van der Waals surface area contributed by atoms with Gasteiger partial charge in [0.05, 0.1) is 11.7 Å². The van der Waals surface area contributed by atoms with E-state index in [9.17, 15) is 0 Å². The number of aromatic nitrogens is 1. The van der Waals surface area contributed by atoms with E-state index in [1.54, 1.807) is 17.5 Å². The van der Waals surface area contributed by atoms with Crippen LogP contribution in [0.1, 0.15) is 24.8 Å². The van der Waals surface area contributed by atoms with Gasteiger partial charge in [-0.3, -0.25) is 0 Å². The molecule has 17 heavy (non-hydrogen) atoms. The minimum absolute atomic E-state index is 0.257. The lowest BCUT2D eigenvalue weighted by Gasteiger charge is -2.22. The van der Waals surface area contributed by atoms with Gasteiger partial charge in [-0.25, -0.2) is 4.98 Å². The molecular formula is C13H17N3S. The molecule has 1 unspecified atom stereocenters. The van der Waals surface area contributed by atoms with Gasteiger partial charge in [-0.1, -0.05) is 19.9 Å². The Bertz CT molecular complexity index is 465. The van der Waals surface area contributed by atoms with E-state index >= 15 is 0 Å². The van der Waals surface area contributed by atoms with Gasteiger partial charge >= 0.3 is 0 Å². The first-order valence-electron chi connectivity index (χ1n) is 5.69. The highest BCUT2D eigenvalue weighted by atomic mass is 32.1. The molecule has 0 bridgehead atoms. The van der Waals surface area contributed by atoms with Crippen LogP contribution >= 0.6 is 11.3 Å². The average molecular weight is 247 g/mol. The topological polar surface area (TPSA) is 50.9 Å². The highest BCUT2D eigenvalue weighted by Crippen LogP contribution is 2.30. The van der Waals surface area contributed by atoms with Crippen molar-refractivity contribution in [3.8, 4) is 0 Å². The number of hydrogen-bond acceptors (Lipinski definition) is 4. The number of nitrogen functional groups attached to an aromatic ring is 1. The predicted octanol–water partition coefficient (Wildman–Crippen LogP) is 3.53. The maximum atomic E-state index is 5.90. The van der Waals surface area contributed by atoms with Crippen LogP contribution in [0.3, 0.4) is 0 Å². The summed E-state index contributed by atoms with van der Waals surface area (Å²) < 4.78 is 0. The van der Waals surface area contributed by atoms with Crippen LogP contribution in [0.25, 0.3) is 0 Å². The summed E-state index contributed by atoms with van der Waals surface area (Å²) in [7, 11) is 0. The van der Waals surface area contributed by atoms with Crippen molar-refractivity contribution in [3.05, 3.63) is 40.7 Å². The molecule has 0 aromatic carbocycles. The molecule has 3 nitrogen and oxygen atoms in total. The number of rotatable bonds is 4. The Kier molecular flexibility index (Phi) is 3.64. The Morgan fingerprint density at radius 3 is 2.71 bits per heavy atom. The molecule has 90 valence electrons. The lowest BCUT2D eigenvalue weighted by Crippen LogP contribution is -2.17. The summed E-state index contributed by atoms with van der Waals surface area (Å²) in [5, 5.41) is 5.51. The second kappa shape index (κ2) is 5.19. The van der Waals surface area contributed by atoms with E-state index in [1.807, 2.05) is 12.1 Å². The summed E-state index contributed by atoms with van der Waals surface area (Å²) in [4.78, 5) is 5.59. The summed E-state index contributed by atoms with van der Waals surface area (Å²) in [6, 6.07) is 8.17. The molecule has 2 rings (SSSR count). The molecule has 2 aromatic heterocycles. The fourth-order valence-corrected chi connectivity index (χ4v) is 2.67. The molecule has 0 radical (unpaired) electrons. The first-order chi connectivity index (χ1) is 8.18. The van der Waals surface area contributed by atoms with Crippen molar-refractivity contribution >= 4 is 22.8 Å². The predicted molar refractivity (Wildman–Crippen MR) is 74.2 cm³/mol. The van der Waals surface area contributed by atoms with Crippen molar-refractivity contribution in [1.29, 1.82) is 0 Å². The Morgan fingerprint density at radius 2 is 2.12 bits per heavy atom. The van der Waals surface area contributed by atoms with Gasteiger partial charge in [-0.05, 0) is 29.5 Å². The second-order valence-corrected chi connectivity index (χ2v) is 5.30. The van der Waals surface area contributed by atoms with E-state index in [0.29, 0.717) is 11.6 Å². The fraction of sp³-hybridized carbons (Fsp3) is 0.308. The lowest BCUT2D eigenvalue weighted by atomic mass is 10.0. The number of nitrogens with two attached hydrogens (primary N) is 1. The normalized spacial score (nSPS) is 12.6. The molecule has 0 saturated heterocycles. The van der Waals surface area contributed by atoms with Crippen molar-refractivity contribution in [1.82, 2.24) is 4.98 Å². The van der Waals surface area contributed by atoms with Gasteiger partial charge in [-0.15, -0.1) is 11.3 Å². The van der Waals surface area contributed by atoms with Crippen LogP contribution in [0, 0.1) is 5.92 Å².